The normalized spacial score (nSPS) is 52.3. The van der Waals surface area contributed by atoms with E-state index in [1.54, 1.807) is 0 Å². The van der Waals surface area contributed by atoms with Gasteiger partial charge in [0.2, 0.25) is 0 Å². The molecule has 2 unspecified atom stereocenters. The first kappa shape index (κ1) is 24.0. The largest absolute Gasteiger partial charge is 0.393 e. The van der Waals surface area contributed by atoms with Gasteiger partial charge in [0.25, 0.3) is 0 Å². The molecular weight excluding hydrogens is 408 g/mol. The van der Waals surface area contributed by atoms with Gasteiger partial charge in [0, 0.05) is 6.42 Å². The van der Waals surface area contributed by atoms with E-state index < -0.39 is 0 Å². The van der Waals surface area contributed by atoms with Crippen molar-refractivity contribution in [1.82, 2.24) is 0 Å². The van der Waals surface area contributed by atoms with Crippen molar-refractivity contribution in [2.75, 3.05) is 6.61 Å². The number of carbonyl (C=O) groups excluding carboxylic acids is 1. The Morgan fingerprint density at radius 1 is 0.879 bits per heavy atom. The van der Waals surface area contributed by atoms with Crippen LogP contribution in [0.4, 0.5) is 0 Å². The summed E-state index contributed by atoms with van der Waals surface area (Å²) in [7, 11) is 0. The first-order chi connectivity index (χ1) is 15.3. The number of allylic oxidation sites excluding steroid dienone is 2. The van der Waals surface area contributed by atoms with E-state index in [1.165, 1.54) is 44.9 Å². The molecule has 1 aliphatic heterocycles. The molecule has 0 aromatic heterocycles. The fraction of sp³-hybridized carbons (Fsp3) is 0.900. The summed E-state index contributed by atoms with van der Waals surface area (Å²) >= 11 is 0. The SMILES string of the molecule is CC(C)=CC(=O)C[C@]1([C@H]2CC[C@@]3(C)[C@H]2CC[C@@H]2[C@@]4(C)CCC(O)C(C)(C)C4CC[C@]23C)CO1. The lowest BCUT2D eigenvalue weighted by Gasteiger charge is -2.69. The van der Waals surface area contributed by atoms with Gasteiger partial charge >= 0.3 is 0 Å². The molecule has 5 aliphatic rings. The second kappa shape index (κ2) is 7.42. The second-order valence-corrected chi connectivity index (χ2v) is 14.4. The van der Waals surface area contributed by atoms with Crippen LogP contribution in [0.25, 0.3) is 0 Å². The van der Waals surface area contributed by atoms with Gasteiger partial charge in [0.05, 0.1) is 12.7 Å². The van der Waals surface area contributed by atoms with E-state index in [0.717, 1.165) is 24.5 Å². The number of rotatable bonds is 4. The van der Waals surface area contributed by atoms with E-state index in [2.05, 4.69) is 34.6 Å². The summed E-state index contributed by atoms with van der Waals surface area (Å²) in [6, 6.07) is 0. The molecule has 1 heterocycles. The highest BCUT2D eigenvalue weighted by Gasteiger charge is 2.71. The Balaban J connectivity index is 1.43. The van der Waals surface area contributed by atoms with Crippen LogP contribution >= 0.6 is 0 Å². The molecule has 0 amide bonds. The summed E-state index contributed by atoms with van der Waals surface area (Å²) in [6.45, 7) is 17.3. The summed E-state index contributed by atoms with van der Waals surface area (Å²) in [5.41, 5.74) is 1.91. The number of hydrogen-bond donors (Lipinski definition) is 1. The van der Waals surface area contributed by atoms with Crippen LogP contribution in [0.3, 0.4) is 0 Å². The van der Waals surface area contributed by atoms with Crippen molar-refractivity contribution in [2.24, 2.45) is 45.3 Å². The zero-order valence-electron chi connectivity index (χ0n) is 22.3. The van der Waals surface area contributed by atoms with E-state index in [4.69, 9.17) is 4.74 Å². The molecule has 0 radical (unpaired) electrons. The van der Waals surface area contributed by atoms with Crippen LogP contribution in [-0.4, -0.2) is 29.2 Å². The monoisotopic (exact) mass is 456 g/mol. The van der Waals surface area contributed by atoms with Crippen molar-refractivity contribution in [3.05, 3.63) is 11.6 Å². The maximum Gasteiger partial charge on any atom is 0.158 e. The maximum absolute atomic E-state index is 12.7. The van der Waals surface area contributed by atoms with Crippen molar-refractivity contribution in [3.63, 3.8) is 0 Å². The molecule has 4 aliphatic carbocycles. The van der Waals surface area contributed by atoms with Crippen LogP contribution in [0.1, 0.15) is 106 Å². The number of aliphatic hydroxyl groups excluding tert-OH is 1. The number of epoxide rings is 1. The van der Waals surface area contributed by atoms with Gasteiger partial charge in [-0.2, -0.15) is 0 Å². The van der Waals surface area contributed by atoms with Gasteiger partial charge in [-0.05, 0) is 117 Å². The van der Waals surface area contributed by atoms with Crippen LogP contribution in [0, 0.1) is 45.3 Å². The Labute approximate surface area is 202 Å². The number of fused-ring (bicyclic) bond motifs is 5. The fourth-order valence-electron chi connectivity index (χ4n) is 10.6. The first-order valence-corrected chi connectivity index (χ1v) is 13.8. The molecule has 186 valence electrons. The fourth-order valence-corrected chi connectivity index (χ4v) is 10.6. The molecule has 33 heavy (non-hydrogen) atoms. The third kappa shape index (κ3) is 3.23. The topological polar surface area (TPSA) is 49.8 Å². The van der Waals surface area contributed by atoms with E-state index in [9.17, 15) is 9.90 Å². The predicted octanol–water partition coefficient (Wildman–Crippen LogP) is 6.73. The summed E-state index contributed by atoms with van der Waals surface area (Å²) in [6.07, 6.45) is 12.0. The van der Waals surface area contributed by atoms with Crippen molar-refractivity contribution < 1.29 is 14.6 Å². The highest BCUT2D eigenvalue weighted by molar-refractivity contribution is 5.91. The Morgan fingerprint density at radius 2 is 1.55 bits per heavy atom. The van der Waals surface area contributed by atoms with Gasteiger partial charge in [-0.25, -0.2) is 0 Å². The summed E-state index contributed by atoms with van der Waals surface area (Å²) in [4.78, 5) is 12.7. The number of ether oxygens (including phenoxy) is 1. The van der Waals surface area contributed by atoms with Gasteiger partial charge in [-0.15, -0.1) is 0 Å². The van der Waals surface area contributed by atoms with E-state index in [-0.39, 0.29) is 22.9 Å². The molecule has 1 saturated heterocycles. The Morgan fingerprint density at radius 3 is 2.18 bits per heavy atom. The average Bonchev–Trinajstić information content (AvgIpc) is 3.38. The summed E-state index contributed by atoms with van der Waals surface area (Å²) < 4.78 is 6.16. The summed E-state index contributed by atoms with van der Waals surface area (Å²) in [5, 5.41) is 10.9. The van der Waals surface area contributed by atoms with Crippen LogP contribution in [0.15, 0.2) is 11.6 Å². The molecular formula is C30H48O3. The zero-order valence-corrected chi connectivity index (χ0v) is 22.3. The first-order valence-electron chi connectivity index (χ1n) is 13.8. The number of aliphatic hydroxyl groups is 1. The number of carbonyl (C=O) groups is 1. The highest BCUT2D eigenvalue weighted by Crippen LogP contribution is 2.76. The van der Waals surface area contributed by atoms with E-state index in [1.807, 2.05) is 19.9 Å². The minimum absolute atomic E-state index is 0.0154. The molecule has 3 nitrogen and oxygen atoms in total. The third-order valence-electron chi connectivity index (χ3n) is 12.5. The van der Waals surface area contributed by atoms with Crippen LogP contribution < -0.4 is 0 Å². The van der Waals surface area contributed by atoms with Gasteiger partial charge in [-0.1, -0.05) is 40.2 Å². The van der Waals surface area contributed by atoms with Crippen LogP contribution in [-0.2, 0) is 9.53 Å². The van der Waals surface area contributed by atoms with Crippen LogP contribution in [0.2, 0.25) is 0 Å². The third-order valence-corrected chi connectivity index (χ3v) is 12.5. The minimum atomic E-state index is -0.188. The van der Waals surface area contributed by atoms with Crippen molar-refractivity contribution in [2.45, 2.75) is 118 Å². The predicted molar refractivity (Wildman–Crippen MR) is 133 cm³/mol. The van der Waals surface area contributed by atoms with Gasteiger partial charge in [-0.3, -0.25) is 4.79 Å². The van der Waals surface area contributed by atoms with E-state index >= 15 is 0 Å². The molecule has 1 N–H and O–H groups in total. The van der Waals surface area contributed by atoms with Crippen molar-refractivity contribution in [1.29, 1.82) is 0 Å². The molecule has 3 heteroatoms. The molecule has 0 bridgehead atoms. The molecule has 0 spiro atoms. The molecule has 4 saturated carbocycles. The second-order valence-electron chi connectivity index (χ2n) is 14.4. The summed E-state index contributed by atoms with van der Waals surface area (Å²) in [5.74, 6) is 2.80. The number of hydrogen-bond acceptors (Lipinski definition) is 3. The van der Waals surface area contributed by atoms with Gasteiger partial charge in [0.15, 0.2) is 5.78 Å². The van der Waals surface area contributed by atoms with Crippen molar-refractivity contribution >= 4 is 5.78 Å². The smallest absolute Gasteiger partial charge is 0.158 e. The van der Waals surface area contributed by atoms with E-state index in [0.29, 0.717) is 40.4 Å². The average molecular weight is 457 g/mol. The highest BCUT2D eigenvalue weighted by atomic mass is 16.6. The molecule has 0 aromatic rings. The standard InChI is InChI=1S/C30H48O3/c1-19(2)16-20(31)17-30(18-33-30)22-10-14-28(6)21(22)8-9-24-27(5)13-12-25(32)26(3,4)23(27)11-15-29(24,28)7/h16,21-25,32H,8-15,17-18H2,1-7H3/t21-,22-,23?,24+,25?,27-,28-,29+,30+/m0/s1. The number of ketones is 1. The van der Waals surface area contributed by atoms with Crippen molar-refractivity contribution in [3.8, 4) is 0 Å². The van der Waals surface area contributed by atoms with Gasteiger partial charge in [0.1, 0.15) is 5.60 Å². The van der Waals surface area contributed by atoms with Gasteiger partial charge < -0.3 is 9.84 Å². The molecule has 0 aromatic carbocycles. The van der Waals surface area contributed by atoms with Crippen LogP contribution in [0.5, 0.6) is 0 Å². The quantitative estimate of drug-likeness (QED) is 0.377. The lowest BCUT2D eigenvalue weighted by Crippen LogP contribution is -2.64. The molecule has 5 fully saturated rings. The Hall–Kier alpha value is -0.670. The maximum atomic E-state index is 12.7. The minimum Gasteiger partial charge on any atom is -0.393 e. The lowest BCUT2D eigenvalue weighted by atomic mass is 9.35. The molecule has 5 rings (SSSR count). The Bertz CT molecular complexity index is 849. The lowest BCUT2D eigenvalue weighted by molar-refractivity contribution is -0.222. The zero-order chi connectivity index (χ0) is 24.0. The Kier molecular flexibility index (Phi) is 5.40. The molecule has 9 atom stereocenters.